The molecule has 1 fully saturated rings. The molecule has 1 aliphatic rings. The monoisotopic (exact) mass is 569 g/mol. The van der Waals surface area contributed by atoms with Crippen LogP contribution < -0.4 is 4.74 Å². The highest BCUT2D eigenvalue weighted by molar-refractivity contribution is 14.1. The molecule has 4 nitrogen and oxygen atoms in total. The van der Waals surface area contributed by atoms with Crippen LogP contribution >= 0.6 is 34.4 Å². The maximum Gasteiger partial charge on any atom is 0.293 e. The summed E-state index contributed by atoms with van der Waals surface area (Å²) in [6.07, 6.45) is 3.37. The van der Waals surface area contributed by atoms with Crippen molar-refractivity contribution < 1.29 is 14.3 Å². The number of carbonyl (C=O) groups is 2. The lowest BCUT2D eigenvalue weighted by Crippen LogP contribution is -2.29. The average Bonchev–Trinajstić information content (AvgIpc) is 3.07. The van der Waals surface area contributed by atoms with Crippen LogP contribution in [0.5, 0.6) is 5.75 Å². The van der Waals surface area contributed by atoms with Crippen molar-refractivity contribution in [2.24, 2.45) is 0 Å². The van der Waals surface area contributed by atoms with Crippen LogP contribution in [-0.4, -0.2) is 22.6 Å². The van der Waals surface area contributed by atoms with Gasteiger partial charge in [0, 0.05) is 6.54 Å². The molecule has 0 saturated carbocycles. The quantitative estimate of drug-likeness (QED) is 0.220. The van der Waals surface area contributed by atoms with Crippen molar-refractivity contribution >= 4 is 51.6 Å². The van der Waals surface area contributed by atoms with E-state index in [0.29, 0.717) is 18.1 Å². The lowest BCUT2D eigenvalue weighted by molar-refractivity contribution is -0.122. The molecule has 0 aromatic heterocycles. The summed E-state index contributed by atoms with van der Waals surface area (Å²) in [6, 6.07) is 24.1. The molecule has 0 atom stereocenters. The van der Waals surface area contributed by atoms with Gasteiger partial charge in [-0.25, -0.2) is 0 Å². The van der Waals surface area contributed by atoms with E-state index in [-0.39, 0.29) is 11.1 Å². The number of nitrogens with zero attached hydrogens (tertiary/aromatic N) is 1. The van der Waals surface area contributed by atoms with Gasteiger partial charge in [-0.3, -0.25) is 14.5 Å². The molecule has 1 saturated heterocycles. The van der Waals surface area contributed by atoms with Crippen LogP contribution in [0.3, 0.4) is 0 Å². The highest BCUT2D eigenvalue weighted by atomic mass is 127. The molecule has 4 rings (SSSR count). The van der Waals surface area contributed by atoms with Crippen molar-refractivity contribution in [2.75, 3.05) is 6.54 Å². The Hall–Kier alpha value is -2.58. The third-order valence-corrected chi connectivity index (χ3v) is 7.08. The summed E-state index contributed by atoms with van der Waals surface area (Å²) in [5, 5.41) is -0.202. The molecule has 3 aromatic carbocycles. The minimum atomic E-state index is -0.215. The number of thioether (sulfide) groups is 1. The zero-order valence-electron chi connectivity index (χ0n) is 18.3. The second-order valence-corrected chi connectivity index (χ2v) is 10.0. The van der Waals surface area contributed by atoms with Crippen molar-refractivity contribution in [3.63, 3.8) is 0 Å². The Morgan fingerprint density at radius 1 is 0.970 bits per heavy atom. The summed E-state index contributed by atoms with van der Waals surface area (Å²) in [4.78, 5) is 27.0. The molecule has 168 valence electrons. The number of benzene rings is 3. The number of carbonyl (C=O) groups excluding carboxylic acids is 2. The highest BCUT2D eigenvalue weighted by Crippen LogP contribution is 2.33. The Morgan fingerprint density at radius 3 is 2.45 bits per heavy atom. The van der Waals surface area contributed by atoms with E-state index in [2.05, 4.69) is 65.9 Å². The van der Waals surface area contributed by atoms with Crippen molar-refractivity contribution in [1.82, 2.24) is 4.90 Å². The SMILES string of the molecule is Cc1ccc(COc2ccc(/C=C3/SC(=O)N(CCCc4ccccc4)C3=O)cc2I)cc1. The van der Waals surface area contributed by atoms with E-state index >= 15 is 0 Å². The number of hydrogen-bond acceptors (Lipinski definition) is 4. The van der Waals surface area contributed by atoms with Crippen LogP contribution in [0, 0.1) is 10.5 Å². The first-order valence-corrected chi connectivity index (χ1v) is 12.7. The number of aryl methyl sites for hydroxylation is 2. The fourth-order valence-corrected chi connectivity index (χ4v) is 5.06. The molecule has 6 heteroatoms. The van der Waals surface area contributed by atoms with Gasteiger partial charge in [-0.05, 0) is 89.0 Å². The van der Waals surface area contributed by atoms with Crippen LogP contribution in [0.1, 0.15) is 28.7 Å². The van der Waals surface area contributed by atoms with E-state index in [1.165, 1.54) is 16.0 Å². The van der Waals surface area contributed by atoms with E-state index in [1.807, 2.05) is 36.4 Å². The summed E-state index contributed by atoms with van der Waals surface area (Å²) in [7, 11) is 0. The molecular weight excluding hydrogens is 545 g/mol. The van der Waals surface area contributed by atoms with Crippen molar-refractivity contribution in [3.8, 4) is 5.75 Å². The maximum atomic E-state index is 12.8. The second kappa shape index (κ2) is 11.0. The van der Waals surface area contributed by atoms with E-state index in [1.54, 1.807) is 6.08 Å². The number of rotatable bonds is 8. The lowest BCUT2D eigenvalue weighted by atomic mass is 10.1. The fraction of sp³-hybridized carbons (Fsp3) is 0.185. The molecule has 0 radical (unpaired) electrons. The Labute approximate surface area is 212 Å². The Kier molecular flexibility index (Phi) is 7.88. The van der Waals surface area contributed by atoms with Gasteiger partial charge in [0.25, 0.3) is 11.1 Å². The first kappa shape index (κ1) is 23.6. The van der Waals surface area contributed by atoms with Gasteiger partial charge in [0.05, 0.1) is 8.48 Å². The molecular formula is C27H24INO3S. The van der Waals surface area contributed by atoms with Crippen molar-refractivity contribution in [3.05, 3.63) is 104 Å². The topological polar surface area (TPSA) is 46.6 Å². The number of ether oxygens (including phenoxy) is 1. The minimum absolute atomic E-state index is 0.202. The molecule has 0 N–H and O–H groups in total. The minimum Gasteiger partial charge on any atom is -0.488 e. The average molecular weight is 569 g/mol. The van der Waals surface area contributed by atoms with E-state index in [4.69, 9.17) is 4.74 Å². The summed E-state index contributed by atoms with van der Waals surface area (Å²) >= 11 is 3.24. The summed E-state index contributed by atoms with van der Waals surface area (Å²) in [6.45, 7) is 2.99. The summed E-state index contributed by atoms with van der Waals surface area (Å²) in [5.41, 5.74) is 4.41. The predicted octanol–water partition coefficient (Wildman–Crippen LogP) is 6.85. The molecule has 2 amide bonds. The standard InChI is InChI=1S/C27H24INO3S/c1-19-9-11-21(12-10-19)18-32-24-14-13-22(16-23(24)28)17-25-26(30)29(27(31)33-25)15-5-8-20-6-3-2-4-7-20/h2-4,6-7,9-14,16-17H,5,8,15,18H2,1H3/b25-17+. The van der Waals surface area contributed by atoms with Crippen LogP contribution in [0.15, 0.2) is 77.7 Å². The van der Waals surface area contributed by atoms with E-state index in [0.717, 1.165) is 45.1 Å². The Morgan fingerprint density at radius 2 is 1.73 bits per heavy atom. The highest BCUT2D eigenvalue weighted by Gasteiger charge is 2.34. The molecule has 0 spiro atoms. The van der Waals surface area contributed by atoms with E-state index in [9.17, 15) is 9.59 Å². The Balaban J connectivity index is 1.36. The van der Waals surface area contributed by atoms with Crippen LogP contribution in [0.25, 0.3) is 6.08 Å². The first-order valence-electron chi connectivity index (χ1n) is 10.8. The Bertz CT molecular complexity index is 1180. The molecule has 33 heavy (non-hydrogen) atoms. The number of amides is 2. The van der Waals surface area contributed by atoms with Crippen molar-refractivity contribution in [1.29, 1.82) is 0 Å². The predicted molar refractivity (Wildman–Crippen MR) is 142 cm³/mol. The van der Waals surface area contributed by atoms with Crippen molar-refractivity contribution in [2.45, 2.75) is 26.4 Å². The van der Waals surface area contributed by atoms with Crippen LogP contribution in [0.2, 0.25) is 0 Å². The van der Waals surface area contributed by atoms with Gasteiger partial charge in [-0.2, -0.15) is 0 Å². The number of halogens is 1. The third-order valence-electron chi connectivity index (χ3n) is 5.33. The molecule has 0 unspecified atom stereocenters. The van der Waals surface area contributed by atoms with Gasteiger partial charge in [-0.15, -0.1) is 0 Å². The van der Waals surface area contributed by atoms with Gasteiger partial charge >= 0.3 is 0 Å². The fourth-order valence-electron chi connectivity index (χ4n) is 3.50. The van der Waals surface area contributed by atoms with Gasteiger partial charge in [-0.1, -0.05) is 66.2 Å². The van der Waals surface area contributed by atoms with Crippen LogP contribution in [0.4, 0.5) is 4.79 Å². The lowest BCUT2D eigenvalue weighted by Gasteiger charge is -2.12. The summed E-state index contributed by atoms with van der Waals surface area (Å²) < 4.78 is 6.92. The molecule has 3 aromatic rings. The second-order valence-electron chi connectivity index (χ2n) is 7.89. The molecule has 1 heterocycles. The zero-order valence-corrected chi connectivity index (χ0v) is 21.3. The van der Waals surface area contributed by atoms with Gasteiger partial charge in [0.15, 0.2) is 0 Å². The summed E-state index contributed by atoms with van der Waals surface area (Å²) in [5.74, 6) is 0.579. The normalized spacial score (nSPS) is 14.8. The maximum absolute atomic E-state index is 12.8. The molecule has 0 bridgehead atoms. The molecule has 1 aliphatic heterocycles. The third kappa shape index (κ3) is 6.26. The largest absolute Gasteiger partial charge is 0.488 e. The molecule has 0 aliphatic carbocycles. The number of hydrogen-bond donors (Lipinski definition) is 0. The van der Waals surface area contributed by atoms with Gasteiger partial charge in [0.1, 0.15) is 12.4 Å². The van der Waals surface area contributed by atoms with Gasteiger partial charge in [0.2, 0.25) is 0 Å². The number of imide groups is 1. The smallest absolute Gasteiger partial charge is 0.293 e. The van der Waals surface area contributed by atoms with Crippen LogP contribution in [-0.2, 0) is 17.8 Å². The van der Waals surface area contributed by atoms with E-state index < -0.39 is 0 Å². The van der Waals surface area contributed by atoms with Gasteiger partial charge < -0.3 is 4.74 Å². The zero-order chi connectivity index (χ0) is 23.2. The first-order chi connectivity index (χ1) is 16.0.